The van der Waals surface area contributed by atoms with Crippen molar-refractivity contribution in [1.29, 1.82) is 0 Å². The fourth-order valence-corrected chi connectivity index (χ4v) is 6.77. The molecule has 0 bridgehead atoms. The molecule has 4 rings (SSSR count). The minimum absolute atomic E-state index is 0.0403. The number of carbonyl (C=O) groups excluding carboxylic acids is 2. The maximum atomic E-state index is 14.6. The molecule has 0 saturated carbocycles. The number of rotatable bonds is 14. The highest BCUT2D eigenvalue weighted by Gasteiger charge is 2.36. The van der Waals surface area contributed by atoms with Gasteiger partial charge in [0.1, 0.15) is 18.3 Å². The Balaban J connectivity index is 1.87. The third-order valence-corrected chi connectivity index (χ3v) is 9.74. The highest BCUT2D eigenvalue weighted by Crippen LogP contribution is 2.37. The lowest BCUT2D eigenvalue weighted by molar-refractivity contribution is -0.139. The summed E-state index contributed by atoms with van der Waals surface area (Å²) in [5.41, 5.74) is 2.58. The molecule has 0 aliphatic carbocycles. The van der Waals surface area contributed by atoms with Crippen LogP contribution in [0.15, 0.2) is 95.9 Å². The first kappa shape index (κ1) is 35.1. The Kier molecular flexibility index (Phi) is 11.7. The first-order valence-corrected chi connectivity index (χ1v) is 16.5. The van der Waals surface area contributed by atoms with Crippen LogP contribution in [0.4, 0.5) is 5.69 Å². The largest absolute Gasteiger partial charge is 0.495 e. The van der Waals surface area contributed by atoms with Crippen LogP contribution in [0.3, 0.4) is 0 Å². The van der Waals surface area contributed by atoms with E-state index in [1.807, 2.05) is 61.5 Å². The molecule has 1 N–H and O–H groups in total. The standard InChI is InChI=1S/C35H38ClN3O7S/c1-24-11-9-10-14-26(24)22-38(30(35(41)37-2)19-25-12-7-6-8-13-25)34(40)23-39(29-20-27(36)15-17-31(29)44-3)47(42,43)28-16-18-32(45-4)33(21-28)46-5/h6-18,20-21,30H,19,22-23H2,1-5H3,(H,37,41)/t30-/m0/s1. The Morgan fingerprint density at radius 1 is 0.830 bits per heavy atom. The number of benzene rings is 4. The summed E-state index contributed by atoms with van der Waals surface area (Å²) in [5, 5.41) is 2.91. The maximum absolute atomic E-state index is 14.6. The third kappa shape index (κ3) is 8.16. The van der Waals surface area contributed by atoms with E-state index in [-0.39, 0.29) is 40.1 Å². The van der Waals surface area contributed by atoms with E-state index in [1.54, 1.807) is 6.07 Å². The van der Waals surface area contributed by atoms with Crippen molar-refractivity contribution in [3.05, 3.63) is 113 Å². The minimum atomic E-state index is -4.47. The summed E-state index contributed by atoms with van der Waals surface area (Å²) in [5.74, 6) is -0.340. The SMILES string of the molecule is CNC(=O)[C@H](Cc1ccccc1)N(Cc1ccccc1C)C(=O)CN(c1cc(Cl)ccc1OC)S(=O)(=O)c1ccc(OC)c(OC)c1. The molecule has 0 aliphatic rings. The molecule has 0 fully saturated rings. The molecular formula is C35H38ClN3O7S. The number of hydrogen-bond acceptors (Lipinski definition) is 7. The molecule has 1 atom stereocenters. The third-order valence-electron chi connectivity index (χ3n) is 7.75. The zero-order chi connectivity index (χ0) is 34.1. The zero-order valence-electron chi connectivity index (χ0n) is 26.9. The quantitative estimate of drug-likeness (QED) is 0.194. The molecule has 0 radical (unpaired) electrons. The fourth-order valence-electron chi connectivity index (χ4n) is 5.17. The van der Waals surface area contributed by atoms with Gasteiger partial charge in [-0.3, -0.25) is 13.9 Å². The van der Waals surface area contributed by atoms with Gasteiger partial charge in [-0.2, -0.15) is 0 Å². The van der Waals surface area contributed by atoms with Gasteiger partial charge >= 0.3 is 0 Å². The van der Waals surface area contributed by atoms with Crippen molar-refractivity contribution in [3.63, 3.8) is 0 Å². The number of anilines is 1. The number of nitrogens with zero attached hydrogens (tertiary/aromatic N) is 2. The van der Waals surface area contributed by atoms with Gasteiger partial charge in [0, 0.05) is 31.1 Å². The molecule has 12 heteroatoms. The van der Waals surface area contributed by atoms with Gasteiger partial charge in [-0.15, -0.1) is 0 Å². The Labute approximate surface area is 280 Å². The summed E-state index contributed by atoms with van der Waals surface area (Å²) in [7, 11) is 1.26. The van der Waals surface area contributed by atoms with Gasteiger partial charge < -0.3 is 24.4 Å². The van der Waals surface area contributed by atoms with Gasteiger partial charge in [-0.1, -0.05) is 66.2 Å². The van der Waals surface area contributed by atoms with Crippen molar-refractivity contribution in [3.8, 4) is 17.2 Å². The summed E-state index contributed by atoms with van der Waals surface area (Å²) >= 11 is 6.36. The Bertz CT molecular complexity index is 1820. The molecule has 2 amide bonds. The second-order valence-corrected chi connectivity index (χ2v) is 12.9. The number of likely N-dealkylation sites (N-methyl/N-ethyl adjacent to an activating group) is 1. The van der Waals surface area contributed by atoms with Gasteiger partial charge in [0.2, 0.25) is 11.8 Å². The first-order chi connectivity index (χ1) is 22.5. The highest BCUT2D eigenvalue weighted by molar-refractivity contribution is 7.92. The molecular weight excluding hydrogens is 642 g/mol. The van der Waals surface area contributed by atoms with Crippen LogP contribution in [0.1, 0.15) is 16.7 Å². The smallest absolute Gasteiger partial charge is 0.265 e. The lowest BCUT2D eigenvalue weighted by Crippen LogP contribution is -2.53. The summed E-state index contributed by atoms with van der Waals surface area (Å²) in [4.78, 5) is 29.3. The maximum Gasteiger partial charge on any atom is 0.265 e. The van der Waals surface area contributed by atoms with Gasteiger partial charge in [0.05, 0.1) is 31.9 Å². The Morgan fingerprint density at radius 3 is 2.11 bits per heavy atom. The molecule has 0 aromatic heterocycles. The number of aryl methyl sites for hydroxylation is 1. The second kappa shape index (κ2) is 15.7. The van der Waals surface area contributed by atoms with Crippen LogP contribution in [0.5, 0.6) is 17.2 Å². The molecule has 4 aromatic rings. The van der Waals surface area contributed by atoms with Crippen LogP contribution in [0, 0.1) is 6.92 Å². The van der Waals surface area contributed by atoms with E-state index in [1.165, 1.54) is 63.6 Å². The van der Waals surface area contributed by atoms with E-state index >= 15 is 0 Å². The number of amides is 2. The first-order valence-electron chi connectivity index (χ1n) is 14.7. The van der Waals surface area contributed by atoms with E-state index in [0.29, 0.717) is 5.75 Å². The van der Waals surface area contributed by atoms with Gasteiger partial charge in [-0.05, 0) is 53.9 Å². The molecule has 10 nitrogen and oxygen atoms in total. The van der Waals surface area contributed by atoms with Crippen molar-refractivity contribution < 1.29 is 32.2 Å². The summed E-state index contributed by atoms with van der Waals surface area (Å²) < 4.78 is 46.1. The van der Waals surface area contributed by atoms with Crippen LogP contribution in [-0.4, -0.2) is 66.1 Å². The van der Waals surface area contributed by atoms with Gasteiger partial charge in [0.25, 0.3) is 10.0 Å². The molecule has 0 unspecified atom stereocenters. The van der Waals surface area contributed by atoms with Crippen LogP contribution in [0.25, 0.3) is 0 Å². The predicted octanol–water partition coefficient (Wildman–Crippen LogP) is 5.26. The van der Waals surface area contributed by atoms with E-state index in [2.05, 4.69) is 5.32 Å². The lowest BCUT2D eigenvalue weighted by atomic mass is 10.0. The van der Waals surface area contributed by atoms with Gasteiger partial charge in [0.15, 0.2) is 11.5 Å². The van der Waals surface area contributed by atoms with E-state index in [4.69, 9.17) is 25.8 Å². The van der Waals surface area contributed by atoms with Crippen LogP contribution in [-0.2, 0) is 32.6 Å². The van der Waals surface area contributed by atoms with Crippen LogP contribution in [0.2, 0.25) is 5.02 Å². The Morgan fingerprint density at radius 2 is 1.47 bits per heavy atom. The number of carbonyl (C=O) groups is 2. The van der Waals surface area contributed by atoms with Crippen LogP contribution < -0.4 is 23.8 Å². The summed E-state index contributed by atoms with van der Waals surface area (Å²) in [6, 6.07) is 24.5. The van der Waals surface area contributed by atoms with Crippen molar-refractivity contribution in [2.24, 2.45) is 0 Å². The molecule has 0 heterocycles. The van der Waals surface area contributed by atoms with Crippen molar-refractivity contribution >= 4 is 39.1 Å². The molecule has 0 aliphatic heterocycles. The average molecular weight is 680 g/mol. The molecule has 248 valence electrons. The predicted molar refractivity (Wildman–Crippen MR) is 182 cm³/mol. The lowest BCUT2D eigenvalue weighted by Gasteiger charge is -2.34. The number of halogens is 1. The molecule has 4 aromatic carbocycles. The normalized spacial score (nSPS) is 11.7. The van der Waals surface area contributed by atoms with E-state index < -0.39 is 34.4 Å². The van der Waals surface area contributed by atoms with Crippen molar-refractivity contribution in [1.82, 2.24) is 10.2 Å². The van der Waals surface area contributed by atoms with Crippen molar-refractivity contribution in [2.75, 3.05) is 39.2 Å². The van der Waals surface area contributed by atoms with Crippen molar-refractivity contribution in [2.45, 2.75) is 30.8 Å². The fraction of sp³-hybridized carbons (Fsp3) is 0.257. The number of ether oxygens (including phenoxy) is 3. The van der Waals surface area contributed by atoms with E-state index in [0.717, 1.165) is 21.0 Å². The van der Waals surface area contributed by atoms with Crippen LogP contribution >= 0.6 is 11.6 Å². The molecule has 0 saturated heterocycles. The average Bonchev–Trinajstić information content (AvgIpc) is 3.08. The summed E-state index contributed by atoms with van der Waals surface area (Å²) in [6.07, 6.45) is 0.195. The zero-order valence-corrected chi connectivity index (χ0v) is 28.5. The van der Waals surface area contributed by atoms with Gasteiger partial charge in [-0.25, -0.2) is 8.42 Å². The molecule has 0 spiro atoms. The minimum Gasteiger partial charge on any atom is -0.495 e. The topological polar surface area (TPSA) is 114 Å². The second-order valence-electron chi connectivity index (χ2n) is 10.6. The number of hydrogen-bond donors (Lipinski definition) is 1. The highest BCUT2D eigenvalue weighted by atomic mass is 35.5. The monoisotopic (exact) mass is 679 g/mol. The number of nitrogens with one attached hydrogen (secondary N) is 1. The number of methoxy groups -OCH3 is 3. The van der Waals surface area contributed by atoms with E-state index in [9.17, 15) is 18.0 Å². The molecule has 47 heavy (non-hydrogen) atoms. The number of sulfonamides is 1. The Hall–Kier alpha value is -4.74. The summed E-state index contributed by atoms with van der Waals surface area (Å²) in [6.45, 7) is 1.28.